The Morgan fingerprint density at radius 3 is 3.10 bits per heavy atom. The lowest BCUT2D eigenvalue weighted by Crippen LogP contribution is -2.62. The summed E-state index contributed by atoms with van der Waals surface area (Å²) < 4.78 is 7.77. The van der Waals surface area contributed by atoms with Crippen LogP contribution in [0.2, 0.25) is 0 Å². The van der Waals surface area contributed by atoms with Crippen molar-refractivity contribution in [2.45, 2.75) is 44.2 Å². The predicted molar refractivity (Wildman–Crippen MR) is 110 cm³/mol. The molecule has 1 saturated carbocycles. The number of hydrazine groups is 1. The number of benzene rings is 1. The lowest BCUT2D eigenvalue weighted by Gasteiger charge is -2.43. The quantitative estimate of drug-likeness (QED) is 0.734. The van der Waals surface area contributed by atoms with Gasteiger partial charge in [0.25, 0.3) is 0 Å². The number of ether oxygens (including phenoxy) is 1. The van der Waals surface area contributed by atoms with E-state index in [1.54, 1.807) is 0 Å². The van der Waals surface area contributed by atoms with E-state index in [0.717, 1.165) is 32.3 Å². The first-order chi connectivity index (χ1) is 14.2. The zero-order chi connectivity index (χ0) is 20.0. The van der Waals surface area contributed by atoms with Crippen LogP contribution in [0.25, 0.3) is 11.3 Å². The Kier molecular flexibility index (Phi) is 4.89. The van der Waals surface area contributed by atoms with Gasteiger partial charge in [-0.25, -0.2) is 5.43 Å². The van der Waals surface area contributed by atoms with E-state index in [1.807, 2.05) is 17.9 Å². The summed E-state index contributed by atoms with van der Waals surface area (Å²) >= 11 is 0. The number of nitrogens with two attached hydrogens (primary N) is 1. The Labute approximate surface area is 171 Å². The molecule has 1 saturated heterocycles. The van der Waals surface area contributed by atoms with Crippen molar-refractivity contribution in [3.8, 4) is 11.3 Å². The lowest BCUT2D eigenvalue weighted by atomic mass is 9.68. The standard InChI is InChI=1S/C22H29N5O2/c1-27-21(15-4-2-3-13-7-8-29-12-19(13)15)18(11-24-27)14-5-6-16-17(9-14)20(10-23)25-26-22(16)28/h2-4,11,14,16-17,20,25H,5-10,12,23H2,1H3,(H,26,28). The number of hydrogen-bond donors (Lipinski definition) is 3. The summed E-state index contributed by atoms with van der Waals surface area (Å²) in [5.74, 6) is 0.800. The van der Waals surface area contributed by atoms with Gasteiger partial charge in [0.05, 0.1) is 25.1 Å². The molecule has 3 heterocycles. The topological polar surface area (TPSA) is 94.2 Å². The molecule has 1 amide bonds. The Balaban J connectivity index is 1.51. The zero-order valence-electron chi connectivity index (χ0n) is 16.9. The summed E-state index contributed by atoms with van der Waals surface area (Å²) in [6.07, 6.45) is 5.83. The summed E-state index contributed by atoms with van der Waals surface area (Å²) in [7, 11) is 2.02. The number of nitrogens with one attached hydrogen (secondary N) is 2. The summed E-state index contributed by atoms with van der Waals surface area (Å²) in [6, 6.07) is 6.67. The molecule has 154 valence electrons. The van der Waals surface area contributed by atoms with Gasteiger partial charge in [0, 0.05) is 36.7 Å². The minimum atomic E-state index is 0.0547. The molecule has 3 aliphatic rings. The number of nitrogens with zero attached hydrogens (tertiary/aromatic N) is 2. The maximum atomic E-state index is 12.3. The fourth-order valence-corrected chi connectivity index (χ4v) is 5.56. The van der Waals surface area contributed by atoms with E-state index in [9.17, 15) is 4.79 Å². The largest absolute Gasteiger partial charge is 0.376 e. The van der Waals surface area contributed by atoms with E-state index in [2.05, 4.69) is 34.1 Å². The van der Waals surface area contributed by atoms with E-state index >= 15 is 0 Å². The van der Waals surface area contributed by atoms with Crippen LogP contribution in [0.4, 0.5) is 0 Å². The Morgan fingerprint density at radius 2 is 2.24 bits per heavy atom. The molecular weight excluding hydrogens is 366 g/mol. The van der Waals surface area contributed by atoms with Gasteiger partial charge in [-0.05, 0) is 48.6 Å². The Bertz CT molecular complexity index is 924. The van der Waals surface area contributed by atoms with Crippen LogP contribution in [-0.4, -0.2) is 34.9 Å². The van der Waals surface area contributed by atoms with Gasteiger partial charge in [-0.1, -0.05) is 18.2 Å². The molecule has 4 atom stereocenters. The molecule has 7 nitrogen and oxygen atoms in total. The van der Waals surface area contributed by atoms with Gasteiger partial charge in [0.1, 0.15) is 0 Å². The number of aryl methyl sites for hydroxylation is 1. The summed E-state index contributed by atoms with van der Waals surface area (Å²) in [5, 5.41) is 4.63. The minimum absolute atomic E-state index is 0.0547. The van der Waals surface area contributed by atoms with Crippen molar-refractivity contribution in [2.24, 2.45) is 24.6 Å². The first-order valence-electron chi connectivity index (χ1n) is 10.6. The highest BCUT2D eigenvalue weighted by Gasteiger charge is 2.43. The van der Waals surface area contributed by atoms with E-state index in [1.165, 1.54) is 27.9 Å². The number of carbonyl (C=O) groups excluding carboxylic acids is 1. The first kappa shape index (κ1) is 18.8. The third-order valence-electron chi connectivity index (χ3n) is 7.09. The minimum Gasteiger partial charge on any atom is -0.376 e. The van der Waals surface area contributed by atoms with Crippen molar-refractivity contribution >= 4 is 5.91 Å². The zero-order valence-corrected chi connectivity index (χ0v) is 16.9. The van der Waals surface area contributed by atoms with Crippen LogP contribution in [-0.2, 0) is 29.6 Å². The van der Waals surface area contributed by atoms with Crippen LogP contribution in [0.5, 0.6) is 0 Å². The second kappa shape index (κ2) is 7.55. The van der Waals surface area contributed by atoms with Gasteiger partial charge >= 0.3 is 0 Å². The van der Waals surface area contributed by atoms with Crippen LogP contribution in [0.3, 0.4) is 0 Å². The molecule has 0 spiro atoms. The Morgan fingerprint density at radius 1 is 1.34 bits per heavy atom. The van der Waals surface area contributed by atoms with Crippen molar-refractivity contribution < 1.29 is 9.53 Å². The van der Waals surface area contributed by atoms with Gasteiger partial charge < -0.3 is 10.5 Å². The normalized spacial score (nSPS) is 29.1. The van der Waals surface area contributed by atoms with E-state index in [4.69, 9.17) is 10.5 Å². The van der Waals surface area contributed by atoms with Gasteiger partial charge in [0.15, 0.2) is 0 Å². The van der Waals surface area contributed by atoms with Crippen LogP contribution >= 0.6 is 0 Å². The monoisotopic (exact) mass is 395 g/mol. The highest BCUT2D eigenvalue weighted by molar-refractivity contribution is 5.79. The van der Waals surface area contributed by atoms with Crippen LogP contribution in [0, 0.1) is 11.8 Å². The van der Waals surface area contributed by atoms with E-state index in [0.29, 0.717) is 19.1 Å². The number of aromatic nitrogens is 2. The summed E-state index contributed by atoms with van der Waals surface area (Å²) in [4.78, 5) is 12.3. The Hall–Kier alpha value is -2.22. The van der Waals surface area contributed by atoms with Crippen molar-refractivity contribution in [3.63, 3.8) is 0 Å². The molecular formula is C22H29N5O2. The third-order valence-corrected chi connectivity index (χ3v) is 7.09. The summed E-state index contributed by atoms with van der Waals surface area (Å²) in [5.41, 5.74) is 18.3. The molecule has 1 aromatic heterocycles. The molecule has 1 aromatic carbocycles. The molecule has 5 rings (SSSR count). The average Bonchev–Trinajstić information content (AvgIpc) is 3.14. The molecule has 2 aliphatic heterocycles. The number of hydrogen-bond acceptors (Lipinski definition) is 5. The fourth-order valence-electron chi connectivity index (χ4n) is 5.56. The van der Waals surface area contributed by atoms with Crippen molar-refractivity contribution in [3.05, 3.63) is 41.1 Å². The molecule has 2 fully saturated rings. The molecule has 0 bridgehead atoms. The SMILES string of the molecule is Cn1ncc(C2CCC3C(=O)NNC(CN)C3C2)c1-c1cccc2c1COCC2. The number of fused-ring (bicyclic) bond motifs is 2. The first-order valence-corrected chi connectivity index (χ1v) is 10.6. The van der Waals surface area contributed by atoms with Crippen LogP contribution in [0.1, 0.15) is 41.9 Å². The van der Waals surface area contributed by atoms with E-state index in [-0.39, 0.29) is 23.8 Å². The highest BCUT2D eigenvalue weighted by Crippen LogP contribution is 2.45. The third kappa shape index (κ3) is 3.17. The highest BCUT2D eigenvalue weighted by atomic mass is 16.5. The smallest absolute Gasteiger partial charge is 0.237 e. The second-order valence-electron chi connectivity index (χ2n) is 8.57. The van der Waals surface area contributed by atoms with Crippen molar-refractivity contribution in [1.82, 2.24) is 20.6 Å². The van der Waals surface area contributed by atoms with Gasteiger partial charge in [-0.3, -0.25) is 14.9 Å². The maximum absolute atomic E-state index is 12.3. The molecule has 1 aliphatic carbocycles. The maximum Gasteiger partial charge on any atom is 0.237 e. The molecule has 0 radical (unpaired) electrons. The number of amides is 1. The molecule has 4 N–H and O–H groups in total. The van der Waals surface area contributed by atoms with Gasteiger partial charge in [-0.15, -0.1) is 0 Å². The molecule has 29 heavy (non-hydrogen) atoms. The van der Waals surface area contributed by atoms with Gasteiger partial charge in [0.2, 0.25) is 5.91 Å². The lowest BCUT2D eigenvalue weighted by molar-refractivity contribution is -0.133. The van der Waals surface area contributed by atoms with Crippen LogP contribution in [0.15, 0.2) is 24.4 Å². The molecule has 2 aromatic rings. The summed E-state index contributed by atoms with van der Waals surface area (Å²) in [6.45, 7) is 1.97. The van der Waals surface area contributed by atoms with E-state index < -0.39 is 0 Å². The fraction of sp³-hybridized carbons (Fsp3) is 0.545. The average molecular weight is 396 g/mol. The molecule has 4 unspecified atom stereocenters. The van der Waals surface area contributed by atoms with Gasteiger partial charge in [-0.2, -0.15) is 5.10 Å². The second-order valence-corrected chi connectivity index (χ2v) is 8.57. The predicted octanol–water partition coefficient (Wildman–Crippen LogP) is 1.62. The van der Waals surface area contributed by atoms with Crippen molar-refractivity contribution in [1.29, 1.82) is 0 Å². The van der Waals surface area contributed by atoms with Crippen molar-refractivity contribution in [2.75, 3.05) is 13.2 Å². The number of carbonyl (C=O) groups is 1. The molecule has 7 heteroatoms. The van der Waals surface area contributed by atoms with Crippen LogP contribution < -0.4 is 16.6 Å². The number of rotatable bonds is 3.